The number of anilines is 1. The Hall–Kier alpha value is -2.71. The Kier molecular flexibility index (Phi) is 6.35. The minimum absolute atomic E-state index is 0.0638. The van der Waals surface area contributed by atoms with Crippen LogP contribution >= 0.6 is 0 Å². The summed E-state index contributed by atoms with van der Waals surface area (Å²) in [6.07, 6.45) is 2.46. The molecule has 0 saturated heterocycles. The summed E-state index contributed by atoms with van der Waals surface area (Å²) in [7, 11) is -3.92. The summed E-state index contributed by atoms with van der Waals surface area (Å²) in [5.41, 5.74) is 3.77. The van der Waals surface area contributed by atoms with Crippen LogP contribution in [0.15, 0.2) is 47.4 Å². The van der Waals surface area contributed by atoms with Gasteiger partial charge < -0.3 is 10.2 Å². The number of sulfonamides is 1. The summed E-state index contributed by atoms with van der Waals surface area (Å²) >= 11 is 0. The Morgan fingerprint density at radius 2 is 1.78 bits per heavy atom. The summed E-state index contributed by atoms with van der Waals surface area (Å²) in [5, 5.41) is 2.81. The summed E-state index contributed by atoms with van der Waals surface area (Å²) < 4.78 is 29.1. The van der Waals surface area contributed by atoms with E-state index in [1.807, 2.05) is 32.0 Å². The standard InChI is InChI=1S/C24H29N3O4S/c1-16(2)23(24(29)27-13-12-17-6-3-4-7-19(17)15-27)26-32(30,31)20-10-11-21-18(14-20)8-5-9-22(28)25-21/h3-4,6-7,10-11,14,16,23,26H,5,8-9,12-13,15H2,1-2H3,(H,25,28). The summed E-state index contributed by atoms with van der Waals surface area (Å²) in [4.78, 5) is 26.9. The first-order valence-electron chi connectivity index (χ1n) is 11.1. The maximum atomic E-state index is 13.3. The quantitative estimate of drug-likeness (QED) is 0.725. The molecule has 2 N–H and O–H groups in total. The van der Waals surface area contributed by atoms with Crippen molar-refractivity contribution in [2.75, 3.05) is 11.9 Å². The molecule has 8 heteroatoms. The zero-order valence-electron chi connectivity index (χ0n) is 18.4. The Labute approximate surface area is 189 Å². The first kappa shape index (κ1) is 22.5. The van der Waals surface area contributed by atoms with Gasteiger partial charge in [0.1, 0.15) is 6.04 Å². The van der Waals surface area contributed by atoms with Crippen LogP contribution in [0, 0.1) is 5.92 Å². The highest BCUT2D eigenvalue weighted by atomic mass is 32.2. The molecule has 2 aliphatic rings. The maximum Gasteiger partial charge on any atom is 0.241 e. The van der Waals surface area contributed by atoms with E-state index in [-0.39, 0.29) is 22.6 Å². The normalized spacial score (nSPS) is 17.2. The molecule has 0 radical (unpaired) electrons. The van der Waals surface area contributed by atoms with Crippen LogP contribution in [0.2, 0.25) is 0 Å². The van der Waals surface area contributed by atoms with Gasteiger partial charge in [0, 0.05) is 25.2 Å². The smallest absolute Gasteiger partial charge is 0.241 e. The Balaban J connectivity index is 1.54. The zero-order chi connectivity index (χ0) is 22.9. The SMILES string of the molecule is CC(C)C(NS(=O)(=O)c1ccc2c(c1)CCCC(=O)N2)C(=O)N1CCc2ccccc2C1. The average Bonchev–Trinajstić information content (AvgIpc) is 2.96. The molecule has 2 aromatic carbocycles. The number of nitrogens with zero attached hydrogens (tertiary/aromatic N) is 1. The van der Waals surface area contributed by atoms with E-state index in [1.165, 1.54) is 11.6 Å². The van der Waals surface area contributed by atoms with Crippen LogP contribution in [0.25, 0.3) is 0 Å². The number of nitrogens with one attached hydrogen (secondary N) is 2. The van der Waals surface area contributed by atoms with Gasteiger partial charge in [-0.2, -0.15) is 4.72 Å². The second-order valence-electron chi connectivity index (χ2n) is 8.84. The number of benzene rings is 2. The minimum Gasteiger partial charge on any atom is -0.337 e. The fourth-order valence-corrected chi connectivity index (χ4v) is 5.69. The van der Waals surface area contributed by atoms with Crippen molar-refractivity contribution in [3.05, 3.63) is 59.2 Å². The van der Waals surface area contributed by atoms with Crippen molar-refractivity contribution in [1.29, 1.82) is 0 Å². The number of amides is 2. The first-order valence-corrected chi connectivity index (χ1v) is 12.5. The highest BCUT2D eigenvalue weighted by molar-refractivity contribution is 7.89. The predicted octanol–water partition coefficient (Wildman–Crippen LogP) is 2.85. The maximum absolute atomic E-state index is 13.3. The summed E-state index contributed by atoms with van der Waals surface area (Å²) in [6.45, 7) is 4.74. The van der Waals surface area contributed by atoms with E-state index in [1.54, 1.807) is 17.0 Å². The van der Waals surface area contributed by atoms with Gasteiger partial charge in [-0.15, -0.1) is 0 Å². The molecule has 32 heavy (non-hydrogen) atoms. The molecule has 2 heterocycles. The number of hydrogen-bond donors (Lipinski definition) is 2. The van der Waals surface area contributed by atoms with Crippen molar-refractivity contribution >= 4 is 27.5 Å². The predicted molar refractivity (Wildman–Crippen MR) is 123 cm³/mol. The number of hydrogen-bond acceptors (Lipinski definition) is 4. The van der Waals surface area contributed by atoms with Gasteiger partial charge in [0.05, 0.1) is 4.90 Å². The van der Waals surface area contributed by atoms with Crippen molar-refractivity contribution < 1.29 is 18.0 Å². The van der Waals surface area contributed by atoms with Crippen molar-refractivity contribution in [2.45, 2.75) is 57.0 Å². The lowest BCUT2D eigenvalue weighted by Crippen LogP contribution is -2.52. The van der Waals surface area contributed by atoms with E-state index < -0.39 is 16.1 Å². The van der Waals surface area contributed by atoms with Crippen LogP contribution in [0.5, 0.6) is 0 Å². The van der Waals surface area contributed by atoms with Gasteiger partial charge in [-0.25, -0.2) is 8.42 Å². The Morgan fingerprint density at radius 3 is 2.53 bits per heavy atom. The van der Waals surface area contributed by atoms with Crippen LogP contribution in [0.3, 0.4) is 0 Å². The van der Waals surface area contributed by atoms with Crippen LogP contribution in [-0.4, -0.2) is 37.7 Å². The van der Waals surface area contributed by atoms with E-state index >= 15 is 0 Å². The van der Waals surface area contributed by atoms with Gasteiger partial charge in [-0.05, 0) is 60.1 Å². The lowest BCUT2D eigenvalue weighted by Gasteiger charge is -2.33. The van der Waals surface area contributed by atoms with Gasteiger partial charge in [0.15, 0.2) is 0 Å². The van der Waals surface area contributed by atoms with Crippen molar-refractivity contribution in [3.63, 3.8) is 0 Å². The van der Waals surface area contributed by atoms with E-state index in [2.05, 4.69) is 16.1 Å². The third-order valence-corrected chi connectivity index (χ3v) is 7.61. The second kappa shape index (κ2) is 9.03. The van der Waals surface area contributed by atoms with Crippen LogP contribution < -0.4 is 10.0 Å². The lowest BCUT2D eigenvalue weighted by molar-refractivity contribution is -0.135. The van der Waals surface area contributed by atoms with Crippen LogP contribution in [-0.2, 0) is 39.0 Å². The van der Waals surface area contributed by atoms with E-state index in [0.717, 1.165) is 17.5 Å². The number of carbonyl (C=O) groups excluding carboxylic acids is 2. The van der Waals surface area contributed by atoms with Crippen molar-refractivity contribution in [3.8, 4) is 0 Å². The Bertz CT molecular complexity index is 1140. The van der Waals surface area contributed by atoms with E-state index in [4.69, 9.17) is 0 Å². The van der Waals surface area contributed by atoms with E-state index in [0.29, 0.717) is 38.0 Å². The highest BCUT2D eigenvalue weighted by Crippen LogP contribution is 2.26. The highest BCUT2D eigenvalue weighted by Gasteiger charge is 2.33. The molecule has 0 spiro atoms. The van der Waals surface area contributed by atoms with Gasteiger partial charge in [-0.3, -0.25) is 9.59 Å². The molecule has 2 aromatic rings. The molecule has 2 amide bonds. The number of fused-ring (bicyclic) bond motifs is 2. The monoisotopic (exact) mass is 455 g/mol. The van der Waals surface area contributed by atoms with Crippen LogP contribution in [0.4, 0.5) is 5.69 Å². The van der Waals surface area contributed by atoms with Gasteiger partial charge >= 0.3 is 0 Å². The largest absolute Gasteiger partial charge is 0.337 e. The van der Waals surface area contributed by atoms with Gasteiger partial charge in [-0.1, -0.05) is 38.1 Å². The third-order valence-electron chi connectivity index (χ3n) is 6.17. The summed E-state index contributed by atoms with van der Waals surface area (Å²) in [6, 6.07) is 11.9. The minimum atomic E-state index is -3.92. The molecule has 0 fully saturated rings. The molecule has 2 aliphatic heterocycles. The summed E-state index contributed by atoms with van der Waals surface area (Å²) in [5.74, 6) is -0.485. The fourth-order valence-electron chi connectivity index (χ4n) is 4.31. The molecule has 170 valence electrons. The van der Waals surface area contributed by atoms with E-state index in [9.17, 15) is 18.0 Å². The third kappa shape index (κ3) is 4.71. The molecule has 0 saturated carbocycles. The molecular formula is C24H29N3O4S. The molecule has 4 rings (SSSR count). The lowest BCUT2D eigenvalue weighted by atomic mass is 9.97. The zero-order valence-corrected chi connectivity index (χ0v) is 19.2. The first-order chi connectivity index (χ1) is 15.2. The number of carbonyl (C=O) groups is 2. The van der Waals surface area contributed by atoms with Crippen molar-refractivity contribution in [2.24, 2.45) is 5.92 Å². The van der Waals surface area contributed by atoms with Crippen LogP contribution in [0.1, 0.15) is 43.4 Å². The molecule has 1 atom stereocenters. The molecule has 0 aliphatic carbocycles. The molecule has 1 unspecified atom stereocenters. The second-order valence-corrected chi connectivity index (χ2v) is 10.6. The number of aryl methyl sites for hydroxylation is 1. The average molecular weight is 456 g/mol. The van der Waals surface area contributed by atoms with Gasteiger partial charge in [0.25, 0.3) is 0 Å². The fraction of sp³-hybridized carbons (Fsp3) is 0.417. The molecule has 0 aromatic heterocycles. The Morgan fingerprint density at radius 1 is 1.03 bits per heavy atom. The van der Waals surface area contributed by atoms with Crippen molar-refractivity contribution in [1.82, 2.24) is 9.62 Å². The number of rotatable bonds is 5. The topological polar surface area (TPSA) is 95.6 Å². The van der Waals surface area contributed by atoms with Gasteiger partial charge in [0.2, 0.25) is 21.8 Å². The molecule has 7 nitrogen and oxygen atoms in total. The molecular weight excluding hydrogens is 426 g/mol. The molecule has 0 bridgehead atoms.